The summed E-state index contributed by atoms with van der Waals surface area (Å²) in [7, 11) is 0. The molecule has 1 fully saturated rings. The lowest BCUT2D eigenvalue weighted by Crippen LogP contribution is -2.31. The number of H-pyrrole nitrogens is 1. The molecule has 3 aromatic heterocycles. The van der Waals surface area contributed by atoms with Crippen molar-refractivity contribution in [1.82, 2.24) is 24.9 Å². The van der Waals surface area contributed by atoms with Gasteiger partial charge in [0.2, 0.25) is 5.95 Å². The van der Waals surface area contributed by atoms with E-state index in [0.717, 1.165) is 29.7 Å². The molecular weight excluding hydrogens is 397 g/mol. The summed E-state index contributed by atoms with van der Waals surface area (Å²) in [4.78, 5) is 33.2. The largest absolute Gasteiger partial charge is 0.450 e. The van der Waals surface area contributed by atoms with Gasteiger partial charge in [-0.25, -0.2) is 24.7 Å². The SMILES string of the molecule is O=C1O[C@]2(CC[C@H](c3nc4nc(-c5ccccc5)ncc4[nH]3)CC2)c2cnc(F)cc21. The number of aromatic amines is 1. The first-order chi connectivity index (χ1) is 15.1. The number of hydrogen-bond donors (Lipinski definition) is 1. The number of benzene rings is 1. The van der Waals surface area contributed by atoms with Crippen LogP contribution in [-0.2, 0) is 10.3 Å². The fourth-order valence-corrected chi connectivity index (χ4v) is 4.72. The van der Waals surface area contributed by atoms with Gasteiger partial charge in [0.05, 0.1) is 11.8 Å². The van der Waals surface area contributed by atoms with Crippen molar-refractivity contribution in [3.63, 3.8) is 0 Å². The van der Waals surface area contributed by atoms with Crippen molar-refractivity contribution in [3.8, 4) is 11.4 Å². The average Bonchev–Trinajstić information content (AvgIpc) is 3.33. The van der Waals surface area contributed by atoms with E-state index in [1.54, 1.807) is 6.20 Å². The van der Waals surface area contributed by atoms with Gasteiger partial charge in [0.1, 0.15) is 16.9 Å². The first-order valence-corrected chi connectivity index (χ1v) is 10.3. The fraction of sp³-hybridized carbons (Fsp3) is 0.261. The first-order valence-electron chi connectivity index (χ1n) is 10.3. The summed E-state index contributed by atoms with van der Waals surface area (Å²) in [6, 6.07) is 11.0. The minimum Gasteiger partial charge on any atom is -0.450 e. The molecule has 1 aliphatic heterocycles. The number of fused-ring (bicyclic) bond motifs is 3. The number of hydrogen-bond acceptors (Lipinski definition) is 6. The molecule has 0 amide bonds. The molecule has 0 unspecified atom stereocenters. The third-order valence-electron chi connectivity index (χ3n) is 6.34. The van der Waals surface area contributed by atoms with Crippen molar-refractivity contribution in [1.29, 1.82) is 0 Å². The van der Waals surface area contributed by atoms with Crippen LogP contribution >= 0.6 is 0 Å². The van der Waals surface area contributed by atoms with Gasteiger partial charge in [0, 0.05) is 29.3 Å². The molecule has 1 saturated carbocycles. The maximum absolute atomic E-state index is 13.5. The van der Waals surface area contributed by atoms with Gasteiger partial charge in [-0.05, 0) is 25.7 Å². The second-order valence-corrected chi connectivity index (χ2v) is 8.13. The van der Waals surface area contributed by atoms with E-state index in [0.29, 0.717) is 35.4 Å². The predicted molar refractivity (Wildman–Crippen MR) is 110 cm³/mol. The van der Waals surface area contributed by atoms with E-state index in [9.17, 15) is 9.18 Å². The molecule has 1 aromatic carbocycles. The molecule has 8 heteroatoms. The van der Waals surface area contributed by atoms with Crippen molar-refractivity contribution in [2.75, 3.05) is 0 Å². The molecule has 2 aliphatic rings. The number of rotatable bonds is 2. The van der Waals surface area contributed by atoms with Crippen LogP contribution in [0.4, 0.5) is 4.39 Å². The van der Waals surface area contributed by atoms with Gasteiger partial charge in [0.25, 0.3) is 0 Å². The van der Waals surface area contributed by atoms with E-state index in [4.69, 9.17) is 9.72 Å². The van der Waals surface area contributed by atoms with Crippen LogP contribution in [0, 0.1) is 5.95 Å². The zero-order valence-corrected chi connectivity index (χ0v) is 16.5. The predicted octanol–water partition coefficient (Wildman–Crippen LogP) is 4.28. The van der Waals surface area contributed by atoms with Crippen LogP contribution in [0.25, 0.3) is 22.6 Å². The lowest BCUT2D eigenvalue weighted by Gasteiger charge is -2.35. The fourth-order valence-electron chi connectivity index (χ4n) is 4.72. The van der Waals surface area contributed by atoms with Crippen LogP contribution in [0.5, 0.6) is 0 Å². The molecule has 0 atom stereocenters. The quantitative estimate of drug-likeness (QED) is 0.388. The van der Waals surface area contributed by atoms with E-state index in [1.807, 2.05) is 30.3 Å². The second-order valence-electron chi connectivity index (χ2n) is 8.13. The monoisotopic (exact) mass is 415 g/mol. The highest BCUT2D eigenvalue weighted by Crippen LogP contribution is 2.49. The number of esters is 1. The minimum atomic E-state index is -0.712. The number of imidazole rings is 1. The molecule has 6 rings (SSSR count). The molecule has 1 N–H and O–H groups in total. The lowest BCUT2D eigenvalue weighted by molar-refractivity contribution is -0.0313. The van der Waals surface area contributed by atoms with Crippen molar-refractivity contribution in [3.05, 3.63) is 71.7 Å². The van der Waals surface area contributed by atoms with Crippen molar-refractivity contribution in [2.45, 2.75) is 37.2 Å². The minimum absolute atomic E-state index is 0.191. The number of nitrogens with one attached hydrogen (secondary N) is 1. The van der Waals surface area contributed by atoms with E-state index >= 15 is 0 Å². The van der Waals surface area contributed by atoms with Crippen molar-refractivity contribution >= 4 is 17.1 Å². The van der Waals surface area contributed by atoms with Crippen LogP contribution in [0.3, 0.4) is 0 Å². The van der Waals surface area contributed by atoms with Crippen LogP contribution in [0.1, 0.15) is 53.3 Å². The van der Waals surface area contributed by atoms with Crippen LogP contribution in [-0.4, -0.2) is 30.9 Å². The Hall–Kier alpha value is -3.68. The highest BCUT2D eigenvalue weighted by atomic mass is 19.1. The normalized spacial score (nSPS) is 22.6. The Bertz CT molecular complexity index is 1310. The lowest BCUT2D eigenvalue weighted by atomic mass is 9.75. The molecule has 0 saturated heterocycles. The summed E-state index contributed by atoms with van der Waals surface area (Å²) in [6.07, 6.45) is 6.05. The Morgan fingerprint density at radius 3 is 2.68 bits per heavy atom. The number of aromatic nitrogens is 5. The molecule has 31 heavy (non-hydrogen) atoms. The van der Waals surface area contributed by atoms with Gasteiger partial charge in [-0.1, -0.05) is 30.3 Å². The summed E-state index contributed by atoms with van der Waals surface area (Å²) >= 11 is 0. The van der Waals surface area contributed by atoms with Gasteiger partial charge >= 0.3 is 5.97 Å². The Morgan fingerprint density at radius 2 is 1.87 bits per heavy atom. The van der Waals surface area contributed by atoms with E-state index in [2.05, 4.69) is 19.9 Å². The third kappa shape index (κ3) is 2.90. The summed E-state index contributed by atoms with van der Waals surface area (Å²) < 4.78 is 19.2. The Labute approximate surface area is 176 Å². The molecule has 7 nitrogen and oxygen atoms in total. The smallest absolute Gasteiger partial charge is 0.339 e. The van der Waals surface area contributed by atoms with Crippen LogP contribution < -0.4 is 0 Å². The second kappa shape index (κ2) is 6.66. The number of ether oxygens (including phenoxy) is 1. The molecule has 154 valence electrons. The van der Waals surface area contributed by atoms with Gasteiger partial charge in [0.15, 0.2) is 11.5 Å². The topological polar surface area (TPSA) is 93.6 Å². The van der Waals surface area contributed by atoms with E-state index in [1.165, 1.54) is 12.3 Å². The van der Waals surface area contributed by atoms with Gasteiger partial charge in [-0.3, -0.25) is 0 Å². The summed E-state index contributed by atoms with van der Waals surface area (Å²) in [5.41, 5.74) is 2.66. The average molecular weight is 415 g/mol. The molecule has 4 aromatic rings. The molecule has 0 radical (unpaired) electrons. The molecule has 4 heterocycles. The van der Waals surface area contributed by atoms with Gasteiger partial charge < -0.3 is 9.72 Å². The highest BCUT2D eigenvalue weighted by molar-refractivity contribution is 5.94. The maximum atomic E-state index is 13.5. The standard InChI is InChI=1S/C23H18FN5O2/c24-18-10-15-16(11-25-18)23(31-22(15)30)8-6-14(7-9-23)20-27-17-12-26-19(28-21(17)29-20)13-4-2-1-3-5-13/h1-5,10-12,14H,6-9H2,(H,26,27,28,29)/t14-,23-. The maximum Gasteiger partial charge on any atom is 0.339 e. The number of carbonyl (C=O) groups is 1. The Balaban J connectivity index is 1.26. The van der Waals surface area contributed by atoms with E-state index in [-0.39, 0.29) is 5.92 Å². The number of halogens is 1. The van der Waals surface area contributed by atoms with Crippen molar-refractivity contribution in [2.24, 2.45) is 0 Å². The zero-order chi connectivity index (χ0) is 21.0. The third-order valence-corrected chi connectivity index (χ3v) is 6.34. The number of pyridine rings is 1. The Morgan fingerprint density at radius 1 is 1.06 bits per heavy atom. The van der Waals surface area contributed by atoms with Gasteiger partial charge in [-0.2, -0.15) is 4.39 Å². The summed E-state index contributed by atoms with van der Waals surface area (Å²) in [5.74, 6) is 0.562. The molecule has 1 spiro atoms. The molecular formula is C23H18FN5O2. The van der Waals surface area contributed by atoms with E-state index < -0.39 is 17.5 Å². The summed E-state index contributed by atoms with van der Waals surface area (Å²) in [5, 5.41) is 0. The number of carbonyl (C=O) groups excluding carboxylic acids is 1. The van der Waals surface area contributed by atoms with Gasteiger partial charge in [-0.15, -0.1) is 0 Å². The molecule has 0 bridgehead atoms. The number of nitrogens with zero attached hydrogens (tertiary/aromatic N) is 4. The first kappa shape index (κ1) is 18.1. The summed E-state index contributed by atoms with van der Waals surface area (Å²) in [6.45, 7) is 0. The van der Waals surface area contributed by atoms with Crippen LogP contribution in [0.15, 0.2) is 48.8 Å². The highest BCUT2D eigenvalue weighted by Gasteiger charge is 2.48. The zero-order valence-electron chi connectivity index (χ0n) is 16.5. The van der Waals surface area contributed by atoms with Crippen LogP contribution in [0.2, 0.25) is 0 Å². The van der Waals surface area contributed by atoms with Crippen molar-refractivity contribution < 1.29 is 13.9 Å². The molecule has 1 aliphatic carbocycles. The Kier molecular flexibility index (Phi) is 3.89.